The molecular weight excluding hydrogens is 384 g/mol. The smallest absolute Gasteiger partial charge is 0.261 e. The summed E-state index contributed by atoms with van der Waals surface area (Å²) in [4.78, 5) is 28.3. The second kappa shape index (κ2) is 5.97. The quantitative estimate of drug-likeness (QED) is 0.667. The van der Waals surface area contributed by atoms with Crippen LogP contribution in [-0.2, 0) is 6.54 Å². The summed E-state index contributed by atoms with van der Waals surface area (Å²) in [6, 6.07) is 12.1. The molecule has 0 fully saturated rings. The third-order valence-electron chi connectivity index (χ3n) is 4.27. The number of aromatic carboxylic acids is 1. The van der Waals surface area contributed by atoms with Crippen LogP contribution in [0.4, 0.5) is 0 Å². The van der Waals surface area contributed by atoms with E-state index in [1.165, 1.54) is 18.2 Å². The number of carboxylic acid groups (broad SMARTS) is 1. The molecule has 0 saturated carbocycles. The molecule has 1 aromatic heterocycles. The number of benzene rings is 2. The van der Waals surface area contributed by atoms with Gasteiger partial charge in [0, 0.05) is 11.0 Å². The number of halogens is 1. The predicted octanol–water partition coefficient (Wildman–Crippen LogP) is 2.47. The zero-order chi connectivity index (χ0) is 17.6. The SMILES string of the molecule is O=C([O-])c1ccc2c(=O)n3c(nc2c1)/C(=C/c1cccc(Br)c1)CC3. The van der Waals surface area contributed by atoms with E-state index >= 15 is 0 Å². The van der Waals surface area contributed by atoms with Crippen molar-refractivity contribution in [3.8, 4) is 0 Å². The second-order valence-electron chi connectivity index (χ2n) is 5.89. The molecule has 25 heavy (non-hydrogen) atoms. The van der Waals surface area contributed by atoms with Crippen LogP contribution in [0.5, 0.6) is 0 Å². The van der Waals surface area contributed by atoms with E-state index in [-0.39, 0.29) is 11.1 Å². The Bertz CT molecular complexity index is 1120. The lowest BCUT2D eigenvalue weighted by Gasteiger charge is -2.08. The molecule has 0 unspecified atom stereocenters. The molecule has 1 aliphatic heterocycles. The van der Waals surface area contributed by atoms with E-state index in [9.17, 15) is 14.7 Å². The first kappa shape index (κ1) is 15.8. The lowest BCUT2D eigenvalue weighted by Crippen LogP contribution is -2.23. The van der Waals surface area contributed by atoms with Crippen LogP contribution in [0, 0.1) is 0 Å². The Hall–Kier alpha value is -2.73. The van der Waals surface area contributed by atoms with E-state index in [4.69, 9.17) is 0 Å². The molecule has 6 heteroatoms. The number of carbonyl (C=O) groups excluding carboxylic acids is 1. The highest BCUT2D eigenvalue weighted by Crippen LogP contribution is 2.28. The number of allylic oxidation sites excluding steroid dienone is 1. The number of carbonyl (C=O) groups is 1. The number of aromatic nitrogens is 2. The van der Waals surface area contributed by atoms with Gasteiger partial charge < -0.3 is 9.90 Å². The van der Waals surface area contributed by atoms with E-state index in [1.54, 1.807) is 4.57 Å². The minimum absolute atomic E-state index is 0.0138. The molecule has 124 valence electrons. The van der Waals surface area contributed by atoms with Gasteiger partial charge in [0.05, 0.1) is 16.9 Å². The van der Waals surface area contributed by atoms with Gasteiger partial charge in [0.15, 0.2) is 0 Å². The fraction of sp³-hybridized carbons (Fsp3) is 0.105. The van der Waals surface area contributed by atoms with Gasteiger partial charge in [0.1, 0.15) is 5.82 Å². The maximum atomic E-state index is 12.7. The normalized spacial score (nSPS) is 14.8. The first-order valence-corrected chi connectivity index (χ1v) is 8.55. The number of carboxylic acids is 1. The van der Waals surface area contributed by atoms with Gasteiger partial charge in [-0.2, -0.15) is 0 Å². The molecule has 0 radical (unpaired) electrons. The van der Waals surface area contributed by atoms with Crippen molar-refractivity contribution in [1.29, 1.82) is 0 Å². The summed E-state index contributed by atoms with van der Waals surface area (Å²) in [5, 5.41) is 11.5. The Balaban J connectivity index is 1.90. The van der Waals surface area contributed by atoms with E-state index in [0.29, 0.717) is 29.7 Å². The fourth-order valence-corrected chi connectivity index (χ4v) is 3.50. The maximum Gasteiger partial charge on any atom is 0.261 e. The molecule has 0 amide bonds. The second-order valence-corrected chi connectivity index (χ2v) is 6.80. The largest absolute Gasteiger partial charge is 0.545 e. The summed E-state index contributed by atoms with van der Waals surface area (Å²) in [6.07, 6.45) is 2.71. The van der Waals surface area contributed by atoms with Crippen molar-refractivity contribution in [2.24, 2.45) is 0 Å². The average Bonchev–Trinajstić information content (AvgIpc) is 2.97. The molecule has 2 heterocycles. The van der Waals surface area contributed by atoms with Gasteiger partial charge in [-0.3, -0.25) is 9.36 Å². The molecule has 0 saturated heterocycles. The highest BCUT2D eigenvalue weighted by molar-refractivity contribution is 9.10. The number of fused-ring (bicyclic) bond motifs is 2. The third-order valence-corrected chi connectivity index (χ3v) is 4.77. The highest BCUT2D eigenvalue weighted by Gasteiger charge is 2.21. The fourth-order valence-electron chi connectivity index (χ4n) is 3.08. The zero-order valence-electron chi connectivity index (χ0n) is 13.0. The Labute approximate surface area is 151 Å². The number of hydrogen-bond donors (Lipinski definition) is 0. The van der Waals surface area contributed by atoms with Gasteiger partial charge in [-0.25, -0.2) is 4.98 Å². The van der Waals surface area contributed by atoms with Crippen molar-refractivity contribution < 1.29 is 9.90 Å². The van der Waals surface area contributed by atoms with Crippen molar-refractivity contribution in [2.45, 2.75) is 13.0 Å². The van der Waals surface area contributed by atoms with Crippen molar-refractivity contribution >= 4 is 44.5 Å². The Kier molecular flexibility index (Phi) is 3.77. The van der Waals surface area contributed by atoms with Crippen LogP contribution in [0.3, 0.4) is 0 Å². The third kappa shape index (κ3) is 2.78. The summed E-state index contributed by atoms with van der Waals surface area (Å²) in [7, 11) is 0. The summed E-state index contributed by atoms with van der Waals surface area (Å²) in [5.41, 5.74) is 2.20. The van der Waals surface area contributed by atoms with Gasteiger partial charge in [-0.05, 0) is 53.5 Å². The van der Waals surface area contributed by atoms with Crippen molar-refractivity contribution in [3.63, 3.8) is 0 Å². The minimum Gasteiger partial charge on any atom is -0.545 e. The van der Waals surface area contributed by atoms with Crippen LogP contribution in [0.2, 0.25) is 0 Å². The first-order chi connectivity index (χ1) is 12.0. The summed E-state index contributed by atoms with van der Waals surface area (Å²) < 4.78 is 2.62. The molecule has 0 bridgehead atoms. The monoisotopic (exact) mass is 395 g/mol. The van der Waals surface area contributed by atoms with Crippen LogP contribution in [0.25, 0.3) is 22.6 Å². The van der Waals surface area contributed by atoms with Crippen LogP contribution in [0.1, 0.15) is 28.2 Å². The lowest BCUT2D eigenvalue weighted by molar-refractivity contribution is -0.255. The molecule has 5 nitrogen and oxygen atoms in total. The van der Waals surface area contributed by atoms with Gasteiger partial charge in [-0.1, -0.05) is 34.1 Å². The molecule has 0 N–H and O–H groups in total. The lowest BCUT2D eigenvalue weighted by atomic mass is 10.1. The molecule has 4 rings (SSSR count). The van der Waals surface area contributed by atoms with Gasteiger partial charge in [-0.15, -0.1) is 0 Å². The van der Waals surface area contributed by atoms with Gasteiger partial charge >= 0.3 is 0 Å². The predicted molar refractivity (Wildman–Crippen MR) is 97.0 cm³/mol. The number of nitrogens with zero attached hydrogens (tertiary/aromatic N) is 2. The van der Waals surface area contributed by atoms with Gasteiger partial charge in [0.25, 0.3) is 5.56 Å². The van der Waals surface area contributed by atoms with Crippen molar-refractivity contribution in [3.05, 3.63) is 74.2 Å². The molecule has 3 aromatic rings. The summed E-state index contributed by atoms with van der Waals surface area (Å²) >= 11 is 3.45. The zero-order valence-corrected chi connectivity index (χ0v) is 14.6. The van der Waals surface area contributed by atoms with Crippen LogP contribution in [0.15, 0.2) is 51.7 Å². The van der Waals surface area contributed by atoms with E-state index < -0.39 is 5.97 Å². The number of rotatable bonds is 2. The topological polar surface area (TPSA) is 75.0 Å². The van der Waals surface area contributed by atoms with Gasteiger partial charge in [0.2, 0.25) is 0 Å². The number of hydrogen-bond acceptors (Lipinski definition) is 4. The Morgan fingerprint density at radius 3 is 2.84 bits per heavy atom. The van der Waals surface area contributed by atoms with Crippen LogP contribution < -0.4 is 10.7 Å². The van der Waals surface area contributed by atoms with E-state index in [2.05, 4.69) is 20.9 Å². The molecule has 1 aliphatic rings. The Morgan fingerprint density at radius 1 is 1.24 bits per heavy atom. The molecule has 0 aliphatic carbocycles. The molecular formula is C19H12BrN2O3-. The standard InChI is InChI=1S/C19H13BrN2O3/c20-14-3-1-2-11(9-14)8-12-6-7-22-17(12)21-16-10-13(19(24)25)4-5-15(16)18(22)23/h1-5,8-10H,6-7H2,(H,24,25)/p-1/b12-8+. The van der Waals surface area contributed by atoms with E-state index in [1.807, 2.05) is 30.3 Å². The van der Waals surface area contributed by atoms with Crippen LogP contribution >= 0.6 is 15.9 Å². The summed E-state index contributed by atoms with van der Waals surface area (Å²) in [5.74, 6) is -0.692. The average molecular weight is 396 g/mol. The first-order valence-electron chi connectivity index (χ1n) is 7.75. The van der Waals surface area contributed by atoms with E-state index in [0.717, 1.165) is 15.6 Å². The maximum absolute atomic E-state index is 12.7. The van der Waals surface area contributed by atoms with Crippen LogP contribution in [-0.4, -0.2) is 15.5 Å². The molecule has 0 spiro atoms. The minimum atomic E-state index is -1.28. The Morgan fingerprint density at radius 2 is 2.08 bits per heavy atom. The van der Waals surface area contributed by atoms with Crippen molar-refractivity contribution in [1.82, 2.24) is 9.55 Å². The highest BCUT2D eigenvalue weighted by atomic mass is 79.9. The molecule has 2 aromatic carbocycles. The molecule has 0 atom stereocenters. The van der Waals surface area contributed by atoms with Crippen molar-refractivity contribution in [2.75, 3.05) is 0 Å². The summed E-state index contributed by atoms with van der Waals surface area (Å²) in [6.45, 7) is 0.569.